The molecule has 0 radical (unpaired) electrons. The molecule has 1 aromatic heterocycles. The van der Waals surface area contributed by atoms with Crippen LogP contribution < -0.4 is 10.6 Å². The van der Waals surface area contributed by atoms with Gasteiger partial charge in [0.1, 0.15) is 5.82 Å². The molecule has 0 saturated carbocycles. The molecule has 18 heavy (non-hydrogen) atoms. The third kappa shape index (κ3) is 2.70. The van der Waals surface area contributed by atoms with Gasteiger partial charge < -0.3 is 10.6 Å². The summed E-state index contributed by atoms with van der Waals surface area (Å²) in [5.74, 6) is 0.768. The van der Waals surface area contributed by atoms with Gasteiger partial charge in [0, 0.05) is 25.0 Å². The Kier molecular flexibility index (Phi) is 3.66. The Hall–Kier alpha value is -2.25. The van der Waals surface area contributed by atoms with Crippen LogP contribution in [0.25, 0.3) is 0 Å². The smallest absolute Gasteiger partial charge is 0.127 e. The molecule has 0 spiro atoms. The number of aromatic nitrogens is 1. The second kappa shape index (κ2) is 5.39. The van der Waals surface area contributed by atoms with Crippen LogP contribution in [-0.4, -0.2) is 12.0 Å². The second-order valence-electron chi connectivity index (χ2n) is 3.61. The maximum absolute atomic E-state index is 8.77. The predicted molar refractivity (Wildman–Crippen MR) is 73.2 cm³/mol. The first-order valence-corrected chi connectivity index (χ1v) is 5.71. The summed E-state index contributed by atoms with van der Waals surface area (Å²) < 4.78 is 0. The van der Waals surface area contributed by atoms with Crippen molar-refractivity contribution < 1.29 is 0 Å². The van der Waals surface area contributed by atoms with Gasteiger partial charge in [0.15, 0.2) is 0 Å². The summed E-state index contributed by atoms with van der Waals surface area (Å²) >= 11 is 6.09. The van der Waals surface area contributed by atoms with Gasteiger partial charge in [-0.15, -0.1) is 0 Å². The molecule has 1 heterocycles. The zero-order valence-corrected chi connectivity index (χ0v) is 10.5. The number of hydrogen-bond donors (Lipinski definition) is 2. The van der Waals surface area contributed by atoms with E-state index in [-0.39, 0.29) is 0 Å². The molecule has 5 heteroatoms. The molecule has 90 valence electrons. The highest BCUT2D eigenvalue weighted by molar-refractivity contribution is 6.33. The molecule has 0 fully saturated rings. The van der Waals surface area contributed by atoms with Gasteiger partial charge in [-0.25, -0.2) is 4.98 Å². The van der Waals surface area contributed by atoms with E-state index in [9.17, 15) is 0 Å². The van der Waals surface area contributed by atoms with Crippen molar-refractivity contribution in [3.05, 3.63) is 47.1 Å². The van der Waals surface area contributed by atoms with E-state index in [4.69, 9.17) is 16.9 Å². The summed E-state index contributed by atoms with van der Waals surface area (Å²) in [6, 6.07) is 10.9. The van der Waals surface area contributed by atoms with Crippen molar-refractivity contribution in [2.24, 2.45) is 0 Å². The third-order valence-corrected chi connectivity index (χ3v) is 2.71. The molecule has 2 N–H and O–H groups in total. The van der Waals surface area contributed by atoms with E-state index < -0.39 is 0 Å². The van der Waals surface area contributed by atoms with E-state index >= 15 is 0 Å². The summed E-state index contributed by atoms with van der Waals surface area (Å²) in [5.41, 5.74) is 2.17. The molecule has 2 rings (SSSR count). The van der Waals surface area contributed by atoms with Crippen molar-refractivity contribution in [2.45, 2.75) is 0 Å². The fraction of sp³-hybridized carbons (Fsp3) is 0.0769. The number of nitrogens with zero attached hydrogens (tertiary/aromatic N) is 2. The second-order valence-corrected chi connectivity index (χ2v) is 4.02. The Morgan fingerprint density at radius 1 is 1.28 bits per heavy atom. The van der Waals surface area contributed by atoms with Gasteiger partial charge in [-0.2, -0.15) is 5.26 Å². The highest BCUT2D eigenvalue weighted by atomic mass is 35.5. The zero-order chi connectivity index (χ0) is 13.0. The summed E-state index contributed by atoms with van der Waals surface area (Å²) in [7, 11) is 1.81. The lowest BCUT2D eigenvalue weighted by molar-refractivity contribution is 1.28. The average Bonchev–Trinajstić information content (AvgIpc) is 2.41. The lowest BCUT2D eigenvalue weighted by Gasteiger charge is -2.09. The van der Waals surface area contributed by atoms with Crippen molar-refractivity contribution in [2.75, 3.05) is 17.7 Å². The lowest BCUT2D eigenvalue weighted by atomic mass is 10.2. The van der Waals surface area contributed by atoms with Gasteiger partial charge in [0.05, 0.1) is 22.3 Å². The minimum absolute atomic E-state index is 0.511. The first-order chi connectivity index (χ1) is 8.72. The van der Waals surface area contributed by atoms with Gasteiger partial charge in [-0.1, -0.05) is 11.6 Å². The topological polar surface area (TPSA) is 60.7 Å². The van der Waals surface area contributed by atoms with Crippen LogP contribution in [0.4, 0.5) is 17.2 Å². The molecule has 0 amide bonds. The summed E-state index contributed by atoms with van der Waals surface area (Å²) in [4.78, 5) is 4.12. The molecule has 0 bridgehead atoms. The predicted octanol–water partition coefficient (Wildman–Crippen LogP) is 3.39. The molecule has 0 aliphatic heterocycles. The van der Waals surface area contributed by atoms with Gasteiger partial charge in [-0.05, 0) is 24.3 Å². The number of rotatable bonds is 3. The van der Waals surface area contributed by atoms with Crippen LogP contribution in [0.2, 0.25) is 5.02 Å². The van der Waals surface area contributed by atoms with Crippen molar-refractivity contribution in [3.8, 4) is 6.07 Å². The van der Waals surface area contributed by atoms with Crippen LogP contribution in [0.15, 0.2) is 36.5 Å². The molecule has 4 nitrogen and oxygen atoms in total. The number of anilines is 3. The Morgan fingerprint density at radius 3 is 2.78 bits per heavy atom. The highest BCUT2D eigenvalue weighted by Crippen LogP contribution is 2.26. The SMILES string of the molecule is CNc1cc(Nc2ccc(C#N)cc2Cl)ccn1. The first-order valence-electron chi connectivity index (χ1n) is 5.33. The fourth-order valence-electron chi connectivity index (χ4n) is 1.49. The van der Waals surface area contributed by atoms with E-state index in [1.165, 1.54) is 0 Å². The Morgan fingerprint density at radius 2 is 2.11 bits per heavy atom. The Bertz CT molecular complexity index is 604. The molecule has 1 aromatic carbocycles. The van der Waals surface area contributed by atoms with Crippen LogP contribution in [0.5, 0.6) is 0 Å². The van der Waals surface area contributed by atoms with E-state index in [0.717, 1.165) is 17.2 Å². The first kappa shape index (κ1) is 12.2. The quantitative estimate of drug-likeness (QED) is 0.886. The maximum atomic E-state index is 8.77. The van der Waals surface area contributed by atoms with Crippen molar-refractivity contribution in [1.82, 2.24) is 4.98 Å². The van der Waals surface area contributed by atoms with Crippen molar-refractivity contribution in [1.29, 1.82) is 5.26 Å². The average molecular weight is 259 g/mol. The summed E-state index contributed by atoms with van der Waals surface area (Å²) in [6.45, 7) is 0. The van der Waals surface area contributed by atoms with Gasteiger partial charge in [0.25, 0.3) is 0 Å². The molecule has 0 saturated heterocycles. The molecule has 0 aliphatic rings. The van der Waals surface area contributed by atoms with Crippen LogP contribution in [-0.2, 0) is 0 Å². The van der Waals surface area contributed by atoms with Gasteiger partial charge in [0.2, 0.25) is 0 Å². The van der Waals surface area contributed by atoms with Gasteiger partial charge >= 0.3 is 0 Å². The molecule has 0 aliphatic carbocycles. The van der Waals surface area contributed by atoms with E-state index in [0.29, 0.717) is 10.6 Å². The van der Waals surface area contributed by atoms with Crippen LogP contribution in [0, 0.1) is 11.3 Å². The molecular formula is C13H11ClN4. The normalized spacial score (nSPS) is 9.61. The number of nitrogens with one attached hydrogen (secondary N) is 2. The van der Waals surface area contributed by atoms with Crippen LogP contribution in [0.1, 0.15) is 5.56 Å². The Labute approximate surface area is 110 Å². The number of hydrogen-bond acceptors (Lipinski definition) is 4. The van der Waals surface area contributed by atoms with Gasteiger partial charge in [-0.3, -0.25) is 0 Å². The number of pyridine rings is 1. The van der Waals surface area contributed by atoms with Crippen LogP contribution >= 0.6 is 11.6 Å². The zero-order valence-electron chi connectivity index (χ0n) is 9.74. The van der Waals surface area contributed by atoms with E-state index in [1.54, 1.807) is 31.4 Å². The number of benzene rings is 1. The standard InChI is InChI=1S/C13H11ClN4/c1-16-13-7-10(4-5-17-13)18-12-3-2-9(8-15)6-11(12)14/h2-7H,1H3,(H2,16,17,18). The minimum Gasteiger partial charge on any atom is -0.373 e. The lowest BCUT2D eigenvalue weighted by Crippen LogP contribution is -1.95. The summed E-state index contributed by atoms with van der Waals surface area (Å²) in [6.07, 6.45) is 1.70. The minimum atomic E-state index is 0.511. The number of halogens is 1. The third-order valence-electron chi connectivity index (χ3n) is 2.39. The summed E-state index contributed by atoms with van der Waals surface area (Å²) in [5, 5.41) is 15.4. The molecule has 0 unspecified atom stereocenters. The molecule has 0 atom stereocenters. The maximum Gasteiger partial charge on any atom is 0.127 e. The van der Waals surface area contributed by atoms with E-state index in [2.05, 4.69) is 15.6 Å². The van der Waals surface area contributed by atoms with Crippen molar-refractivity contribution in [3.63, 3.8) is 0 Å². The monoisotopic (exact) mass is 258 g/mol. The fourth-order valence-corrected chi connectivity index (χ4v) is 1.71. The number of nitriles is 1. The van der Waals surface area contributed by atoms with Crippen molar-refractivity contribution >= 4 is 28.8 Å². The van der Waals surface area contributed by atoms with Crippen LogP contribution in [0.3, 0.4) is 0 Å². The molecule has 2 aromatic rings. The Balaban J connectivity index is 2.26. The van der Waals surface area contributed by atoms with E-state index in [1.807, 2.05) is 18.2 Å². The molecular weight excluding hydrogens is 248 g/mol. The highest BCUT2D eigenvalue weighted by Gasteiger charge is 2.03. The largest absolute Gasteiger partial charge is 0.373 e.